The van der Waals surface area contributed by atoms with Crippen molar-refractivity contribution in [1.29, 1.82) is 0 Å². The number of nitrogens with one attached hydrogen (secondary N) is 3. The van der Waals surface area contributed by atoms with Crippen LogP contribution in [0.2, 0.25) is 0 Å². The smallest absolute Gasteiger partial charge is 0.261 e. The Balaban J connectivity index is 1.76. The molecule has 38 heavy (non-hydrogen) atoms. The molecule has 2 heterocycles. The Morgan fingerprint density at radius 3 is 2.37 bits per heavy atom. The number of aryl methyl sites for hydroxylation is 1. The number of hydrogen-bond donors (Lipinski definition) is 3. The molecule has 1 aliphatic rings. The summed E-state index contributed by atoms with van der Waals surface area (Å²) in [5.74, 6) is -1.17. The first-order valence-corrected chi connectivity index (χ1v) is 13.0. The Kier molecular flexibility index (Phi) is 6.76. The number of aromatic nitrogens is 1. The number of carbonyl (C=O) groups excluding carboxylic acids is 3. The summed E-state index contributed by atoms with van der Waals surface area (Å²) in [5.41, 5.74) is 11.4. The molecule has 3 atom stereocenters. The van der Waals surface area contributed by atoms with Gasteiger partial charge in [0.1, 0.15) is 6.04 Å². The van der Waals surface area contributed by atoms with E-state index in [-0.39, 0.29) is 17.7 Å². The lowest BCUT2D eigenvalue weighted by Crippen LogP contribution is -2.55. The highest BCUT2D eigenvalue weighted by atomic mass is 16.2. The lowest BCUT2D eigenvalue weighted by atomic mass is 9.90. The summed E-state index contributed by atoms with van der Waals surface area (Å²) in [6.07, 6.45) is 0.670. The number of carbonyl (C=O) groups is 3. The van der Waals surface area contributed by atoms with E-state index in [2.05, 4.69) is 46.2 Å². The van der Waals surface area contributed by atoms with Crippen LogP contribution in [0.3, 0.4) is 0 Å². The molecule has 1 aliphatic heterocycles. The van der Waals surface area contributed by atoms with Gasteiger partial charge in [0.05, 0.1) is 11.7 Å². The molecule has 7 nitrogen and oxygen atoms in total. The highest BCUT2D eigenvalue weighted by Gasteiger charge is 2.47. The van der Waals surface area contributed by atoms with Crippen molar-refractivity contribution in [3.8, 4) is 11.3 Å². The number of hydrogen-bond acceptors (Lipinski definition) is 3. The van der Waals surface area contributed by atoms with E-state index in [1.807, 2.05) is 63.2 Å². The van der Waals surface area contributed by atoms with E-state index in [0.717, 1.165) is 38.9 Å². The van der Waals surface area contributed by atoms with Crippen LogP contribution < -0.4 is 10.9 Å². The summed E-state index contributed by atoms with van der Waals surface area (Å²) in [7, 11) is 0. The molecule has 0 fully saturated rings. The van der Waals surface area contributed by atoms with Gasteiger partial charge in [-0.15, -0.1) is 0 Å². The summed E-state index contributed by atoms with van der Waals surface area (Å²) in [5, 5.41) is 0.993. The third-order valence-corrected chi connectivity index (χ3v) is 7.47. The fourth-order valence-electron chi connectivity index (χ4n) is 5.42. The molecule has 0 bridgehead atoms. The largest absolute Gasteiger partial charge is 0.354 e. The number of H-pyrrole nitrogens is 1. The van der Waals surface area contributed by atoms with E-state index in [0.29, 0.717) is 12.0 Å². The Labute approximate surface area is 222 Å². The molecule has 1 aromatic heterocycles. The van der Waals surface area contributed by atoms with Crippen molar-refractivity contribution in [2.75, 3.05) is 0 Å². The lowest BCUT2D eigenvalue weighted by Gasteiger charge is -2.36. The normalized spacial score (nSPS) is 16.3. The number of aromatic amines is 1. The third-order valence-electron chi connectivity index (χ3n) is 7.47. The average molecular weight is 509 g/mol. The first-order chi connectivity index (χ1) is 18.3. The molecule has 3 N–H and O–H groups in total. The minimum Gasteiger partial charge on any atom is -0.354 e. The molecule has 5 rings (SSSR count). The Bertz CT molecular complexity index is 1520. The number of benzene rings is 3. The highest BCUT2D eigenvalue weighted by molar-refractivity contribution is 6.04. The molecule has 0 spiro atoms. The van der Waals surface area contributed by atoms with Crippen LogP contribution in [-0.2, 0) is 9.59 Å². The molecule has 7 heteroatoms. The van der Waals surface area contributed by atoms with Gasteiger partial charge in [-0.3, -0.25) is 25.2 Å². The van der Waals surface area contributed by atoms with Gasteiger partial charge in [-0.2, -0.15) is 0 Å². The molecule has 3 amide bonds. The SMILES string of the molecule is CCC(C)C(C(=O)NNC(C)=O)N1C(=O)c2ccccc2C1c1c(-c2ccc(C)cc2)[nH]c2ccccc12. The summed E-state index contributed by atoms with van der Waals surface area (Å²) < 4.78 is 0. The zero-order chi connectivity index (χ0) is 27.0. The van der Waals surface area contributed by atoms with Crippen molar-refractivity contribution in [3.63, 3.8) is 0 Å². The van der Waals surface area contributed by atoms with Gasteiger partial charge >= 0.3 is 0 Å². The van der Waals surface area contributed by atoms with Gasteiger partial charge in [-0.05, 0) is 36.1 Å². The molecular formula is C31H32N4O3. The molecule has 0 aliphatic carbocycles. The standard InChI is InChI=1S/C31H32N4O3/c1-5-19(3)28(30(37)34-33-20(4)36)35-29(22-10-6-7-11-23(22)31(35)38)26-24-12-8-9-13-25(24)32-27(26)21-16-14-18(2)15-17-21/h6-17,19,28-29,32H,5H2,1-4H3,(H,33,36)(H,34,37). The second kappa shape index (κ2) is 10.2. The van der Waals surface area contributed by atoms with E-state index >= 15 is 0 Å². The highest BCUT2D eigenvalue weighted by Crippen LogP contribution is 2.47. The molecule has 0 saturated heterocycles. The molecule has 194 valence electrons. The van der Waals surface area contributed by atoms with Gasteiger partial charge in [0.15, 0.2) is 0 Å². The monoisotopic (exact) mass is 508 g/mol. The van der Waals surface area contributed by atoms with Gasteiger partial charge in [0.25, 0.3) is 11.8 Å². The van der Waals surface area contributed by atoms with Crippen LogP contribution >= 0.6 is 0 Å². The Hall–Kier alpha value is -4.39. The summed E-state index contributed by atoms with van der Waals surface area (Å²) in [4.78, 5) is 44.6. The second-order valence-corrected chi connectivity index (χ2v) is 10.0. The number of rotatable bonds is 6. The van der Waals surface area contributed by atoms with Gasteiger partial charge in [0.2, 0.25) is 5.91 Å². The Morgan fingerprint density at radius 2 is 1.66 bits per heavy atom. The van der Waals surface area contributed by atoms with Crippen LogP contribution in [0.15, 0.2) is 72.8 Å². The van der Waals surface area contributed by atoms with Crippen LogP contribution in [0.1, 0.15) is 60.3 Å². The quantitative estimate of drug-likeness (QED) is 0.310. The second-order valence-electron chi connectivity index (χ2n) is 10.0. The van der Waals surface area contributed by atoms with E-state index in [9.17, 15) is 14.4 Å². The minimum atomic E-state index is -0.809. The van der Waals surface area contributed by atoms with Crippen LogP contribution in [0.4, 0.5) is 0 Å². The van der Waals surface area contributed by atoms with Gasteiger partial charge < -0.3 is 9.88 Å². The number of amides is 3. The van der Waals surface area contributed by atoms with Crippen molar-refractivity contribution in [3.05, 3.63) is 95.1 Å². The first kappa shape index (κ1) is 25.3. The summed E-state index contributed by atoms with van der Waals surface area (Å²) in [6, 6.07) is 22.6. The maximum absolute atomic E-state index is 14.1. The van der Waals surface area contributed by atoms with Crippen LogP contribution in [0.5, 0.6) is 0 Å². The summed E-state index contributed by atoms with van der Waals surface area (Å²) >= 11 is 0. The molecule has 0 radical (unpaired) electrons. The molecular weight excluding hydrogens is 476 g/mol. The van der Waals surface area contributed by atoms with E-state index in [1.54, 1.807) is 4.90 Å². The van der Waals surface area contributed by atoms with Crippen molar-refractivity contribution in [2.45, 2.75) is 46.2 Å². The predicted octanol–water partition coefficient (Wildman–Crippen LogP) is 5.27. The number of fused-ring (bicyclic) bond motifs is 2. The Morgan fingerprint density at radius 1 is 0.974 bits per heavy atom. The zero-order valence-corrected chi connectivity index (χ0v) is 22.0. The molecule has 0 saturated carbocycles. The van der Waals surface area contributed by atoms with E-state index in [1.165, 1.54) is 6.92 Å². The third kappa shape index (κ3) is 4.34. The van der Waals surface area contributed by atoms with E-state index in [4.69, 9.17) is 0 Å². The van der Waals surface area contributed by atoms with Crippen molar-refractivity contribution < 1.29 is 14.4 Å². The minimum absolute atomic E-state index is 0.169. The van der Waals surface area contributed by atoms with Crippen molar-refractivity contribution in [1.82, 2.24) is 20.7 Å². The number of hydrazine groups is 1. The van der Waals surface area contributed by atoms with Gasteiger partial charge in [-0.1, -0.05) is 86.5 Å². The fraction of sp³-hybridized carbons (Fsp3) is 0.258. The van der Waals surface area contributed by atoms with E-state index < -0.39 is 18.0 Å². The number of nitrogens with zero attached hydrogens (tertiary/aromatic N) is 1. The molecule has 3 unspecified atom stereocenters. The first-order valence-electron chi connectivity index (χ1n) is 13.0. The fourth-order valence-corrected chi connectivity index (χ4v) is 5.42. The maximum atomic E-state index is 14.1. The zero-order valence-electron chi connectivity index (χ0n) is 22.0. The molecule has 3 aromatic carbocycles. The average Bonchev–Trinajstić information content (AvgIpc) is 3.43. The van der Waals surface area contributed by atoms with Gasteiger partial charge in [-0.25, -0.2) is 0 Å². The predicted molar refractivity (Wildman–Crippen MR) is 148 cm³/mol. The van der Waals surface area contributed by atoms with Crippen LogP contribution in [-0.4, -0.2) is 33.6 Å². The lowest BCUT2D eigenvalue weighted by molar-refractivity contribution is -0.132. The summed E-state index contributed by atoms with van der Waals surface area (Å²) in [6.45, 7) is 7.34. The van der Waals surface area contributed by atoms with Crippen LogP contribution in [0, 0.1) is 12.8 Å². The molecule has 4 aromatic rings. The maximum Gasteiger partial charge on any atom is 0.261 e. The van der Waals surface area contributed by atoms with Crippen molar-refractivity contribution in [2.24, 2.45) is 5.92 Å². The topological polar surface area (TPSA) is 94.3 Å². The number of para-hydroxylation sites is 1. The van der Waals surface area contributed by atoms with Gasteiger partial charge in [0, 0.05) is 29.0 Å². The van der Waals surface area contributed by atoms with Crippen molar-refractivity contribution >= 4 is 28.6 Å². The van der Waals surface area contributed by atoms with Crippen LogP contribution in [0.25, 0.3) is 22.2 Å².